The van der Waals surface area contributed by atoms with Crippen molar-refractivity contribution < 1.29 is 4.79 Å². The normalized spacial score (nSPS) is 22.3. The average molecular weight is 256 g/mol. The summed E-state index contributed by atoms with van der Waals surface area (Å²) in [6.45, 7) is 2.27. The van der Waals surface area contributed by atoms with E-state index < -0.39 is 0 Å². The number of carbonyl (C=O) groups is 1. The first kappa shape index (κ1) is 12.0. The van der Waals surface area contributed by atoms with Crippen molar-refractivity contribution in [3.8, 4) is 6.07 Å². The highest BCUT2D eigenvalue weighted by Gasteiger charge is 2.32. The molecule has 1 atom stereocenters. The molecule has 1 saturated heterocycles. The van der Waals surface area contributed by atoms with Crippen LogP contribution in [0, 0.1) is 11.3 Å². The van der Waals surface area contributed by atoms with E-state index in [1.165, 1.54) is 0 Å². The van der Waals surface area contributed by atoms with Gasteiger partial charge in [-0.1, -0.05) is 0 Å². The molecule has 0 aromatic heterocycles. The zero-order chi connectivity index (χ0) is 13.4. The Morgan fingerprint density at radius 1 is 1.42 bits per heavy atom. The van der Waals surface area contributed by atoms with Crippen molar-refractivity contribution >= 4 is 17.3 Å². The zero-order valence-electron chi connectivity index (χ0n) is 10.9. The molecule has 0 bridgehead atoms. The van der Waals surface area contributed by atoms with Gasteiger partial charge < -0.3 is 15.1 Å². The first-order valence-electron chi connectivity index (χ1n) is 6.49. The Balaban J connectivity index is 2.06. The molecule has 1 aromatic rings. The number of benzene rings is 1. The predicted octanol–water partition coefficient (Wildman–Crippen LogP) is 0.703. The number of likely N-dealkylation sites (N-methyl/N-ethyl adjacent to an activating group) is 1. The number of nitriles is 1. The van der Waals surface area contributed by atoms with Crippen LogP contribution in [-0.4, -0.2) is 38.6 Å². The highest BCUT2D eigenvalue weighted by molar-refractivity contribution is 6.03. The molecule has 19 heavy (non-hydrogen) atoms. The highest BCUT2D eigenvalue weighted by Crippen LogP contribution is 2.35. The fourth-order valence-electron chi connectivity index (χ4n) is 2.81. The lowest BCUT2D eigenvalue weighted by atomic mass is 10.1. The molecule has 2 aliphatic rings. The molecule has 0 aliphatic carbocycles. The molecule has 98 valence electrons. The first-order valence-corrected chi connectivity index (χ1v) is 6.49. The maximum atomic E-state index is 12.1. The summed E-state index contributed by atoms with van der Waals surface area (Å²) in [6, 6.07) is 8.02. The summed E-state index contributed by atoms with van der Waals surface area (Å²) in [5.74, 6) is 0.101. The molecule has 1 aromatic carbocycles. The van der Waals surface area contributed by atoms with E-state index in [2.05, 4.69) is 16.3 Å². The third kappa shape index (κ3) is 1.94. The Morgan fingerprint density at radius 2 is 2.26 bits per heavy atom. The van der Waals surface area contributed by atoms with Crippen LogP contribution in [0.1, 0.15) is 12.0 Å². The molecule has 0 radical (unpaired) electrons. The summed E-state index contributed by atoms with van der Waals surface area (Å²) in [7, 11) is 1.79. The number of rotatable bonds is 1. The zero-order valence-corrected chi connectivity index (χ0v) is 10.9. The Morgan fingerprint density at radius 3 is 2.95 bits per heavy atom. The van der Waals surface area contributed by atoms with Crippen molar-refractivity contribution in [2.75, 3.05) is 36.5 Å². The second-order valence-corrected chi connectivity index (χ2v) is 5.04. The van der Waals surface area contributed by atoms with Crippen molar-refractivity contribution in [1.82, 2.24) is 5.32 Å². The fourth-order valence-corrected chi connectivity index (χ4v) is 2.81. The van der Waals surface area contributed by atoms with E-state index in [4.69, 9.17) is 5.26 Å². The Kier molecular flexibility index (Phi) is 2.88. The van der Waals surface area contributed by atoms with Crippen molar-refractivity contribution in [1.29, 1.82) is 5.26 Å². The topological polar surface area (TPSA) is 59.4 Å². The second kappa shape index (κ2) is 4.56. The minimum absolute atomic E-state index is 0.101. The maximum Gasteiger partial charge on any atom is 0.246 e. The summed E-state index contributed by atoms with van der Waals surface area (Å²) in [6.07, 6.45) is 1.03. The Bertz CT molecular complexity index is 557. The molecule has 2 aliphatic heterocycles. The van der Waals surface area contributed by atoms with Gasteiger partial charge in [0.05, 0.1) is 29.6 Å². The molecule has 5 nitrogen and oxygen atoms in total. The van der Waals surface area contributed by atoms with E-state index in [1.54, 1.807) is 18.0 Å². The van der Waals surface area contributed by atoms with Gasteiger partial charge in [-0.15, -0.1) is 0 Å². The summed E-state index contributed by atoms with van der Waals surface area (Å²) in [4.78, 5) is 15.9. The summed E-state index contributed by atoms with van der Waals surface area (Å²) < 4.78 is 0. The summed E-state index contributed by atoms with van der Waals surface area (Å²) in [5, 5.41) is 12.4. The smallest absolute Gasteiger partial charge is 0.246 e. The number of hydrogen-bond donors (Lipinski definition) is 1. The number of carbonyl (C=O) groups excluding carboxylic acids is 1. The SMILES string of the molecule is CN1C(=O)CN(C2CCNC2)c2cc(C#N)ccc21. The van der Waals surface area contributed by atoms with E-state index in [0.29, 0.717) is 18.2 Å². The molecule has 2 heterocycles. The summed E-state index contributed by atoms with van der Waals surface area (Å²) >= 11 is 0. The van der Waals surface area contributed by atoms with Crippen molar-refractivity contribution in [3.05, 3.63) is 23.8 Å². The average Bonchev–Trinajstić information content (AvgIpc) is 2.96. The third-order valence-corrected chi connectivity index (χ3v) is 3.93. The minimum atomic E-state index is 0.101. The van der Waals surface area contributed by atoms with Crippen LogP contribution in [0.4, 0.5) is 11.4 Å². The lowest BCUT2D eigenvalue weighted by molar-refractivity contribution is -0.117. The van der Waals surface area contributed by atoms with Crippen LogP contribution < -0.4 is 15.1 Å². The molecule has 1 fully saturated rings. The highest BCUT2D eigenvalue weighted by atomic mass is 16.2. The number of amides is 1. The van der Waals surface area contributed by atoms with E-state index >= 15 is 0 Å². The minimum Gasteiger partial charge on any atom is -0.356 e. The lowest BCUT2D eigenvalue weighted by Gasteiger charge is -2.38. The molecule has 1 N–H and O–H groups in total. The van der Waals surface area contributed by atoms with Crippen LogP contribution in [-0.2, 0) is 4.79 Å². The summed E-state index contributed by atoms with van der Waals surface area (Å²) in [5.41, 5.74) is 2.52. The Labute approximate surface area is 112 Å². The van der Waals surface area contributed by atoms with Gasteiger partial charge in [0.25, 0.3) is 0 Å². The molecule has 0 spiro atoms. The van der Waals surface area contributed by atoms with Gasteiger partial charge in [-0.05, 0) is 31.2 Å². The predicted molar refractivity (Wildman–Crippen MR) is 73.2 cm³/mol. The maximum absolute atomic E-state index is 12.1. The third-order valence-electron chi connectivity index (χ3n) is 3.93. The van der Waals surface area contributed by atoms with E-state index in [9.17, 15) is 4.79 Å². The number of hydrogen-bond acceptors (Lipinski definition) is 4. The van der Waals surface area contributed by atoms with Crippen LogP contribution in [0.15, 0.2) is 18.2 Å². The van der Waals surface area contributed by atoms with Gasteiger partial charge in [0.1, 0.15) is 0 Å². The molecular formula is C14H16N4O. The molecule has 0 saturated carbocycles. The van der Waals surface area contributed by atoms with Gasteiger partial charge in [-0.25, -0.2) is 0 Å². The lowest BCUT2D eigenvalue weighted by Crippen LogP contribution is -2.49. The van der Waals surface area contributed by atoms with Crippen LogP contribution in [0.2, 0.25) is 0 Å². The van der Waals surface area contributed by atoms with Crippen molar-refractivity contribution in [3.63, 3.8) is 0 Å². The number of anilines is 2. The van der Waals surface area contributed by atoms with Gasteiger partial charge in [0, 0.05) is 19.6 Å². The molecule has 1 amide bonds. The Hall–Kier alpha value is -2.06. The van der Waals surface area contributed by atoms with Crippen LogP contribution in [0.3, 0.4) is 0 Å². The number of nitrogens with zero attached hydrogens (tertiary/aromatic N) is 3. The first-order chi connectivity index (χ1) is 9.20. The number of nitrogens with one attached hydrogen (secondary N) is 1. The van der Waals surface area contributed by atoms with Crippen LogP contribution >= 0.6 is 0 Å². The van der Waals surface area contributed by atoms with Gasteiger partial charge in [-0.2, -0.15) is 5.26 Å². The quantitative estimate of drug-likeness (QED) is 0.803. The molecular weight excluding hydrogens is 240 g/mol. The van der Waals surface area contributed by atoms with Crippen LogP contribution in [0.25, 0.3) is 0 Å². The molecule has 3 rings (SSSR count). The van der Waals surface area contributed by atoms with Gasteiger partial charge in [0.2, 0.25) is 5.91 Å². The largest absolute Gasteiger partial charge is 0.356 e. The standard InChI is InChI=1S/C14H16N4O/c1-17-12-3-2-10(7-15)6-13(12)18(9-14(17)19)11-4-5-16-8-11/h2-3,6,11,16H,4-5,8-9H2,1H3. The van der Waals surface area contributed by atoms with E-state index in [1.807, 2.05) is 12.1 Å². The van der Waals surface area contributed by atoms with Crippen LogP contribution in [0.5, 0.6) is 0 Å². The van der Waals surface area contributed by atoms with Gasteiger partial charge in [0.15, 0.2) is 0 Å². The van der Waals surface area contributed by atoms with Crippen molar-refractivity contribution in [2.45, 2.75) is 12.5 Å². The van der Waals surface area contributed by atoms with Gasteiger partial charge in [-0.3, -0.25) is 4.79 Å². The second-order valence-electron chi connectivity index (χ2n) is 5.04. The number of fused-ring (bicyclic) bond motifs is 1. The fraction of sp³-hybridized carbons (Fsp3) is 0.429. The van der Waals surface area contributed by atoms with E-state index in [0.717, 1.165) is 30.9 Å². The monoisotopic (exact) mass is 256 g/mol. The molecule has 5 heteroatoms. The van der Waals surface area contributed by atoms with E-state index in [-0.39, 0.29) is 5.91 Å². The molecule has 1 unspecified atom stereocenters. The van der Waals surface area contributed by atoms with Gasteiger partial charge >= 0.3 is 0 Å². The van der Waals surface area contributed by atoms with Crippen molar-refractivity contribution in [2.24, 2.45) is 0 Å².